The van der Waals surface area contributed by atoms with Gasteiger partial charge in [-0.25, -0.2) is 0 Å². The van der Waals surface area contributed by atoms with Crippen LogP contribution in [0.4, 0.5) is 5.69 Å². The number of hydrogen-bond acceptors (Lipinski definition) is 7. The highest BCUT2D eigenvalue weighted by atomic mass is 16.6. The fourth-order valence-corrected chi connectivity index (χ4v) is 2.22. The first kappa shape index (κ1) is 14.9. The van der Waals surface area contributed by atoms with Crippen LogP contribution in [0.2, 0.25) is 0 Å². The maximum atomic E-state index is 10.6. The SMILES string of the molecule is CCn1ncc(-c2nnc(CCn3cc([N+](=O)[O-])cn3)o2)c1C. The molecule has 10 heteroatoms. The van der Waals surface area contributed by atoms with Gasteiger partial charge < -0.3 is 4.42 Å². The highest BCUT2D eigenvalue weighted by Gasteiger charge is 2.15. The van der Waals surface area contributed by atoms with Crippen LogP contribution in [0, 0.1) is 17.0 Å². The second-order valence-electron chi connectivity index (χ2n) is 4.93. The molecule has 3 aromatic rings. The summed E-state index contributed by atoms with van der Waals surface area (Å²) in [7, 11) is 0. The van der Waals surface area contributed by atoms with Gasteiger partial charge in [0.25, 0.3) is 5.89 Å². The Hall–Kier alpha value is -3.04. The summed E-state index contributed by atoms with van der Waals surface area (Å²) in [6, 6.07) is 0. The van der Waals surface area contributed by atoms with E-state index < -0.39 is 4.92 Å². The third kappa shape index (κ3) is 2.96. The Morgan fingerprint density at radius 3 is 2.78 bits per heavy atom. The smallest absolute Gasteiger partial charge is 0.306 e. The molecule has 0 saturated carbocycles. The van der Waals surface area contributed by atoms with Crippen molar-refractivity contribution in [2.45, 2.75) is 33.4 Å². The van der Waals surface area contributed by atoms with Gasteiger partial charge in [-0.2, -0.15) is 10.2 Å². The Morgan fingerprint density at radius 2 is 2.13 bits per heavy atom. The molecule has 0 aliphatic carbocycles. The maximum Gasteiger partial charge on any atom is 0.306 e. The molecule has 0 radical (unpaired) electrons. The summed E-state index contributed by atoms with van der Waals surface area (Å²) >= 11 is 0. The van der Waals surface area contributed by atoms with E-state index in [0.717, 1.165) is 17.8 Å². The second-order valence-corrected chi connectivity index (χ2v) is 4.93. The molecule has 0 saturated heterocycles. The zero-order chi connectivity index (χ0) is 16.4. The van der Waals surface area contributed by atoms with Crippen LogP contribution in [0.25, 0.3) is 11.5 Å². The van der Waals surface area contributed by atoms with Gasteiger partial charge in [0.2, 0.25) is 5.89 Å². The Morgan fingerprint density at radius 1 is 1.30 bits per heavy atom. The first-order valence-electron chi connectivity index (χ1n) is 7.10. The molecule has 0 amide bonds. The van der Waals surface area contributed by atoms with Gasteiger partial charge in [0.1, 0.15) is 12.4 Å². The predicted molar refractivity (Wildman–Crippen MR) is 78.5 cm³/mol. The summed E-state index contributed by atoms with van der Waals surface area (Å²) < 4.78 is 8.96. The zero-order valence-corrected chi connectivity index (χ0v) is 12.7. The summed E-state index contributed by atoms with van der Waals surface area (Å²) in [5.41, 5.74) is 1.73. The third-order valence-corrected chi connectivity index (χ3v) is 3.49. The summed E-state index contributed by atoms with van der Waals surface area (Å²) in [6.07, 6.45) is 4.72. The number of nitro groups is 1. The van der Waals surface area contributed by atoms with E-state index in [1.165, 1.54) is 17.1 Å². The third-order valence-electron chi connectivity index (χ3n) is 3.49. The van der Waals surface area contributed by atoms with Crippen molar-refractivity contribution in [3.05, 3.63) is 40.3 Å². The molecule has 120 valence electrons. The molecule has 0 aliphatic heterocycles. The van der Waals surface area contributed by atoms with Crippen molar-refractivity contribution in [1.29, 1.82) is 0 Å². The Balaban J connectivity index is 1.69. The van der Waals surface area contributed by atoms with Crippen LogP contribution >= 0.6 is 0 Å². The van der Waals surface area contributed by atoms with E-state index in [0.29, 0.717) is 24.7 Å². The van der Waals surface area contributed by atoms with Gasteiger partial charge >= 0.3 is 5.69 Å². The highest BCUT2D eigenvalue weighted by molar-refractivity contribution is 5.54. The molecule has 10 nitrogen and oxygen atoms in total. The summed E-state index contributed by atoms with van der Waals surface area (Å²) in [4.78, 5) is 10.1. The Bertz CT molecular complexity index is 832. The van der Waals surface area contributed by atoms with E-state index in [9.17, 15) is 10.1 Å². The molecule has 3 rings (SSSR count). The van der Waals surface area contributed by atoms with Crippen LogP contribution in [0.1, 0.15) is 18.5 Å². The topological polar surface area (TPSA) is 118 Å². The molecule has 3 heterocycles. The van der Waals surface area contributed by atoms with Gasteiger partial charge in [0, 0.05) is 25.2 Å². The first-order valence-corrected chi connectivity index (χ1v) is 7.10. The quantitative estimate of drug-likeness (QED) is 0.500. The normalized spacial score (nSPS) is 11.0. The van der Waals surface area contributed by atoms with E-state index >= 15 is 0 Å². The largest absolute Gasteiger partial charge is 0.421 e. The van der Waals surface area contributed by atoms with Crippen LogP contribution in [0.3, 0.4) is 0 Å². The number of aryl methyl sites for hydroxylation is 3. The number of aromatic nitrogens is 6. The van der Waals surface area contributed by atoms with Crippen molar-refractivity contribution in [2.75, 3.05) is 0 Å². The lowest BCUT2D eigenvalue weighted by molar-refractivity contribution is -0.385. The van der Waals surface area contributed by atoms with Crippen LogP contribution in [0.5, 0.6) is 0 Å². The van der Waals surface area contributed by atoms with Crippen molar-refractivity contribution in [3.8, 4) is 11.5 Å². The van der Waals surface area contributed by atoms with Crippen molar-refractivity contribution in [3.63, 3.8) is 0 Å². The molecule has 0 atom stereocenters. The van der Waals surface area contributed by atoms with Gasteiger partial charge in [-0.1, -0.05) is 0 Å². The van der Waals surface area contributed by atoms with Gasteiger partial charge in [0.05, 0.1) is 16.7 Å². The molecule has 23 heavy (non-hydrogen) atoms. The van der Waals surface area contributed by atoms with Gasteiger partial charge in [-0.3, -0.25) is 19.5 Å². The Labute approximate surface area is 130 Å². The Kier molecular flexibility index (Phi) is 3.87. The van der Waals surface area contributed by atoms with E-state index in [-0.39, 0.29) is 5.69 Å². The van der Waals surface area contributed by atoms with Gasteiger partial charge in [-0.05, 0) is 13.8 Å². The molecule has 0 N–H and O–H groups in total. The fourth-order valence-electron chi connectivity index (χ4n) is 2.22. The fraction of sp³-hybridized carbons (Fsp3) is 0.385. The van der Waals surface area contributed by atoms with Crippen molar-refractivity contribution in [1.82, 2.24) is 29.8 Å². The minimum absolute atomic E-state index is 0.0428. The van der Waals surface area contributed by atoms with Gasteiger partial charge in [-0.15, -0.1) is 10.2 Å². The zero-order valence-electron chi connectivity index (χ0n) is 12.7. The summed E-state index contributed by atoms with van der Waals surface area (Å²) in [5, 5.41) is 26.8. The minimum Gasteiger partial charge on any atom is -0.421 e. The van der Waals surface area contributed by atoms with Crippen molar-refractivity contribution in [2.24, 2.45) is 0 Å². The monoisotopic (exact) mass is 317 g/mol. The van der Waals surface area contributed by atoms with Crippen LogP contribution in [-0.4, -0.2) is 34.7 Å². The number of rotatable bonds is 6. The van der Waals surface area contributed by atoms with Crippen LogP contribution in [-0.2, 0) is 19.5 Å². The predicted octanol–water partition coefficient (Wildman–Crippen LogP) is 1.61. The average Bonchev–Trinajstić information content (AvgIpc) is 3.24. The van der Waals surface area contributed by atoms with Crippen molar-refractivity contribution < 1.29 is 9.34 Å². The minimum atomic E-state index is -0.484. The molecular weight excluding hydrogens is 302 g/mol. The van der Waals surface area contributed by atoms with E-state index in [1.807, 2.05) is 18.5 Å². The van der Waals surface area contributed by atoms with Crippen LogP contribution < -0.4 is 0 Å². The molecule has 3 aromatic heterocycles. The molecule has 0 aromatic carbocycles. The van der Waals surface area contributed by atoms with Crippen molar-refractivity contribution >= 4 is 5.69 Å². The van der Waals surface area contributed by atoms with Gasteiger partial charge in [0.15, 0.2) is 0 Å². The number of hydrogen-bond donors (Lipinski definition) is 0. The lowest BCUT2D eigenvalue weighted by Crippen LogP contribution is -2.01. The lowest BCUT2D eigenvalue weighted by atomic mass is 10.2. The average molecular weight is 317 g/mol. The highest BCUT2D eigenvalue weighted by Crippen LogP contribution is 2.21. The summed E-state index contributed by atoms with van der Waals surface area (Å²) in [6.45, 7) is 5.14. The van der Waals surface area contributed by atoms with Crippen LogP contribution in [0.15, 0.2) is 23.0 Å². The van der Waals surface area contributed by atoms with E-state index in [2.05, 4.69) is 20.4 Å². The van der Waals surface area contributed by atoms with E-state index in [1.54, 1.807) is 6.20 Å². The molecule has 0 fully saturated rings. The second kappa shape index (κ2) is 5.99. The molecule has 0 unspecified atom stereocenters. The molecular formula is C13H15N7O3. The lowest BCUT2D eigenvalue weighted by Gasteiger charge is -1.98. The molecule has 0 spiro atoms. The molecule has 0 aliphatic rings. The standard InChI is InChI=1S/C13H15N7O3/c1-3-19-9(2)11(7-15-19)13-17-16-12(23-13)4-5-18-8-10(6-14-18)20(21)22/h6-8H,3-5H2,1-2H3. The maximum absolute atomic E-state index is 10.6. The first-order chi connectivity index (χ1) is 11.1. The van der Waals surface area contributed by atoms with E-state index in [4.69, 9.17) is 4.42 Å². The molecule has 0 bridgehead atoms. The summed E-state index contributed by atoms with van der Waals surface area (Å²) in [5.74, 6) is 0.866. The number of nitrogens with zero attached hydrogens (tertiary/aromatic N) is 7.